The van der Waals surface area contributed by atoms with Crippen molar-refractivity contribution in [1.82, 2.24) is 4.98 Å². The molecule has 0 saturated heterocycles. The number of fused-ring (bicyclic) bond motifs is 1. The average molecular weight is 360 g/mol. The maximum atomic E-state index is 13.4. The number of rotatable bonds is 7. The van der Waals surface area contributed by atoms with E-state index in [1.165, 1.54) is 6.20 Å². The first-order valence-electron chi connectivity index (χ1n) is 8.16. The van der Waals surface area contributed by atoms with Crippen LogP contribution in [0.3, 0.4) is 0 Å². The highest BCUT2D eigenvalue weighted by atomic mass is 19.2. The zero-order valence-electron chi connectivity index (χ0n) is 14.1. The largest absolute Gasteiger partial charge is 0.491 e. The Labute approximate surface area is 148 Å². The van der Waals surface area contributed by atoms with Crippen LogP contribution in [0, 0.1) is 11.6 Å². The van der Waals surface area contributed by atoms with E-state index in [-0.39, 0.29) is 5.91 Å². The molecule has 7 heteroatoms. The first kappa shape index (κ1) is 17.9. The quantitative estimate of drug-likeness (QED) is 0.623. The van der Waals surface area contributed by atoms with Gasteiger partial charge in [0.15, 0.2) is 11.6 Å². The summed E-state index contributed by atoms with van der Waals surface area (Å²) < 4.78 is 37.4. The van der Waals surface area contributed by atoms with Crippen molar-refractivity contribution in [3.8, 4) is 5.75 Å². The highest BCUT2D eigenvalue weighted by molar-refractivity contribution is 6.09. The van der Waals surface area contributed by atoms with Crippen LogP contribution in [0.2, 0.25) is 0 Å². The predicted molar refractivity (Wildman–Crippen MR) is 94.6 cm³/mol. The summed E-state index contributed by atoms with van der Waals surface area (Å²) in [6, 6.07) is 8.72. The molecule has 0 unspecified atom stereocenters. The molecule has 5 nitrogen and oxygen atoms in total. The molecule has 0 aliphatic rings. The lowest BCUT2D eigenvalue weighted by molar-refractivity contribution is 0.102. The third-order valence-electron chi connectivity index (χ3n) is 3.79. The summed E-state index contributed by atoms with van der Waals surface area (Å²) >= 11 is 0. The molecule has 1 heterocycles. The molecular weight excluding hydrogens is 342 g/mol. The maximum Gasteiger partial charge on any atom is 0.255 e. The SMILES string of the molecule is CCOCCOc1ccc(C(=O)Nc2c[nH]c3cc(F)c(F)cc23)cc1. The Morgan fingerprint density at radius 2 is 1.85 bits per heavy atom. The van der Waals surface area contributed by atoms with Crippen molar-refractivity contribution in [2.24, 2.45) is 0 Å². The van der Waals surface area contributed by atoms with E-state index in [4.69, 9.17) is 9.47 Å². The zero-order chi connectivity index (χ0) is 18.5. The Bertz CT molecular complexity index is 907. The topological polar surface area (TPSA) is 63.4 Å². The number of ether oxygens (including phenoxy) is 2. The van der Waals surface area contributed by atoms with Crippen LogP contribution in [0.5, 0.6) is 5.75 Å². The number of H-pyrrole nitrogens is 1. The van der Waals surface area contributed by atoms with Gasteiger partial charge in [-0.1, -0.05) is 0 Å². The lowest BCUT2D eigenvalue weighted by Gasteiger charge is -2.08. The number of aromatic amines is 1. The molecule has 3 rings (SSSR count). The highest BCUT2D eigenvalue weighted by Crippen LogP contribution is 2.26. The van der Waals surface area contributed by atoms with Crippen LogP contribution in [-0.4, -0.2) is 30.7 Å². The highest BCUT2D eigenvalue weighted by Gasteiger charge is 2.13. The monoisotopic (exact) mass is 360 g/mol. The molecule has 3 aromatic rings. The Morgan fingerprint density at radius 3 is 2.58 bits per heavy atom. The number of nitrogens with one attached hydrogen (secondary N) is 2. The van der Waals surface area contributed by atoms with E-state index >= 15 is 0 Å². The molecule has 2 N–H and O–H groups in total. The minimum absolute atomic E-state index is 0.364. The van der Waals surface area contributed by atoms with Crippen molar-refractivity contribution in [3.63, 3.8) is 0 Å². The molecule has 0 spiro atoms. The van der Waals surface area contributed by atoms with Crippen molar-refractivity contribution in [2.75, 3.05) is 25.1 Å². The first-order chi connectivity index (χ1) is 12.6. The van der Waals surface area contributed by atoms with Gasteiger partial charge in [0.2, 0.25) is 0 Å². The van der Waals surface area contributed by atoms with Gasteiger partial charge in [0, 0.05) is 29.8 Å². The van der Waals surface area contributed by atoms with Crippen LogP contribution in [-0.2, 0) is 4.74 Å². The van der Waals surface area contributed by atoms with Crippen LogP contribution in [0.4, 0.5) is 14.5 Å². The van der Waals surface area contributed by atoms with Gasteiger partial charge in [0.1, 0.15) is 12.4 Å². The van der Waals surface area contributed by atoms with E-state index in [1.807, 2.05) is 6.92 Å². The summed E-state index contributed by atoms with van der Waals surface area (Å²) in [7, 11) is 0. The molecule has 1 amide bonds. The summed E-state index contributed by atoms with van der Waals surface area (Å²) in [6.45, 7) is 3.46. The van der Waals surface area contributed by atoms with Gasteiger partial charge in [-0.2, -0.15) is 0 Å². The molecule has 0 radical (unpaired) electrons. The lowest BCUT2D eigenvalue weighted by Crippen LogP contribution is -2.11. The molecule has 0 fully saturated rings. The summed E-state index contributed by atoms with van der Waals surface area (Å²) in [6.07, 6.45) is 1.49. The Kier molecular flexibility index (Phi) is 5.48. The van der Waals surface area contributed by atoms with Crippen molar-refractivity contribution >= 4 is 22.5 Å². The zero-order valence-corrected chi connectivity index (χ0v) is 14.1. The second kappa shape index (κ2) is 7.97. The smallest absolute Gasteiger partial charge is 0.255 e. The number of halogens is 2. The second-order valence-electron chi connectivity index (χ2n) is 5.54. The number of amides is 1. The Balaban J connectivity index is 1.67. The van der Waals surface area contributed by atoms with Gasteiger partial charge in [0.25, 0.3) is 5.91 Å². The standard InChI is InChI=1S/C19H18F2N2O3/c1-2-25-7-8-26-13-5-3-12(4-6-13)19(24)23-18-11-22-17-10-16(21)15(20)9-14(17)18/h3-6,9-11,22H,2,7-8H2,1H3,(H,23,24). The minimum Gasteiger partial charge on any atom is -0.491 e. The van der Waals surface area contributed by atoms with Gasteiger partial charge in [-0.05, 0) is 37.3 Å². The maximum absolute atomic E-state index is 13.4. The number of carbonyl (C=O) groups is 1. The van der Waals surface area contributed by atoms with Gasteiger partial charge >= 0.3 is 0 Å². The molecule has 136 valence electrons. The van der Waals surface area contributed by atoms with Gasteiger partial charge in [-0.25, -0.2) is 8.78 Å². The van der Waals surface area contributed by atoms with Crippen molar-refractivity contribution in [1.29, 1.82) is 0 Å². The van der Waals surface area contributed by atoms with Crippen LogP contribution < -0.4 is 10.1 Å². The fourth-order valence-corrected chi connectivity index (χ4v) is 2.48. The molecule has 0 atom stereocenters. The number of aromatic nitrogens is 1. The van der Waals surface area contributed by atoms with Crippen LogP contribution in [0.15, 0.2) is 42.6 Å². The first-order valence-corrected chi connectivity index (χ1v) is 8.16. The Hall–Kier alpha value is -2.93. The fraction of sp³-hybridized carbons (Fsp3) is 0.211. The number of hydrogen-bond acceptors (Lipinski definition) is 3. The average Bonchev–Trinajstić information content (AvgIpc) is 3.01. The minimum atomic E-state index is -0.971. The molecular formula is C19H18F2N2O3. The number of hydrogen-bond donors (Lipinski definition) is 2. The number of benzene rings is 2. The van der Waals surface area contributed by atoms with Crippen LogP contribution >= 0.6 is 0 Å². The molecule has 1 aromatic heterocycles. The molecule has 26 heavy (non-hydrogen) atoms. The molecule has 0 saturated carbocycles. The molecule has 0 aliphatic carbocycles. The van der Waals surface area contributed by atoms with E-state index in [0.29, 0.717) is 47.7 Å². The number of carbonyl (C=O) groups excluding carboxylic acids is 1. The third kappa shape index (κ3) is 4.00. The van der Waals surface area contributed by atoms with E-state index < -0.39 is 11.6 Å². The third-order valence-corrected chi connectivity index (χ3v) is 3.79. The van der Waals surface area contributed by atoms with Crippen molar-refractivity contribution in [3.05, 3.63) is 59.8 Å². The van der Waals surface area contributed by atoms with E-state index in [1.54, 1.807) is 24.3 Å². The van der Waals surface area contributed by atoms with E-state index in [2.05, 4.69) is 10.3 Å². The second-order valence-corrected chi connectivity index (χ2v) is 5.54. The van der Waals surface area contributed by atoms with E-state index in [0.717, 1.165) is 12.1 Å². The predicted octanol–water partition coefficient (Wildman–Crippen LogP) is 4.11. The van der Waals surface area contributed by atoms with Crippen LogP contribution in [0.1, 0.15) is 17.3 Å². The van der Waals surface area contributed by atoms with Crippen molar-refractivity contribution in [2.45, 2.75) is 6.92 Å². The van der Waals surface area contributed by atoms with Gasteiger partial charge in [-0.3, -0.25) is 4.79 Å². The summed E-state index contributed by atoms with van der Waals surface area (Å²) in [5.74, 6) is -1.65. The fourth-order valence-electron chi connectivity index (χ4n) is 2.48. The summed E-state index contributed by atoms with van der Waals surface area (Å²) in [4.78, 5) is 15.2. The molecule has 0 aliphatic heterocycles. The van der Waals surface area contributed by atoms with Gasteiger partial charge < -0.3 is 19.8 Å². The molecule has 2 aromatic carbocycles. The normalized spacial score (nSPS) is 10.9. The van der Waals surface area contributed by atoms with Gasteiger partial charge in [0.05, 0.1) is 17.8 Å². The number of anilines is 1. The molecule has 0 bridgehead atoms. The van der Waals surface area contributed by atoms with Gasteiger partial charge in [-0.15, -0.1) is 0 Å². The van der Waals surface area contributed by atoms with E-state index in [9.17, 15) is 13.6 Å². The summed E-state index contributed by atoms with van der Waals surface area (Å²) in [5, 5.41) is 3.08. The van der Waals surface area contributed by atoms with Crippen molar-refractivity contribution < 1.29 is 23.0 Å². The Morgan fingerprint density at radius 1 is 1.12 bits per heavy atom. The summed E-state index contributed by atoms with van der Waals surface area (Å²) in [5.41, 5.74) is 1.19. The lowest BCUT2D eigenvalue weighted by atomic mass is 10.2. The van der Waals surface area contributed by atoms with Crippen LogP contribution in [0.25, 0.3) is 10.9 Å².